The zero-order valence-electron chi connectivity index (χ0n) is 13.0. The van der Waals surface area contributed by atoms with Gasteiger partial charge in [-0.1, -0.05) is 18.2 Å². The number of benzene rings is 2. The van der Waals surface area contributed by atoms with Gasteiger partial charge in [0, 0.05) is 25.0 Å². The summed E-state index contributed by atoms with van der Waals surface area (Å²) in [6.45, 7) is 3.16. The Morgan fingerprint density at radius 3 is 2.38 bits per heavy atom. The molecule has 0 aliphatic carbocycles. The van der Waals surface area contributed by atoms with E-state index in [1.807, 2.05) is 24.3 Å². The molecule has 0 amide bonds. The fraction of sp³-hybridized carbons (Fsp3) is 0.278. The number of ether oxygens (including phenoxy) is 1. The molecule has 0 atom stereocenters. The predicted octanol–water partition coefficient (Wildman–Crippen LogP) is 4.29. The quantitative estimate of drug-likeness (QED) is 0.782. The number of rotatable bonds is 3. The maximum absolute atomic E-state index is 12.7. The van der Waals surface area contributed by atoms with E-state index in [1.165, 1.54) is 6.07 Å². The number of hydrogen-bond donors (Lipinski definition) is 0. The third-order valence-corrected chi connectivity index (χ3v) is 3.81. The molecule has 3 nitrogen and oxygen atoms in total. The molecular weight excluding hydrogens is 317 g/mol. The molecule has 1 heterocycles. The number of anilines is 1. The molecule has 0 radical (unpaired) electrons. The van der Waals surface area contributed by atoms with Gasteiger partial charge in [-0.25, -0.2) is 0 Å². The molecular formula is C18H17F3N2O. The lowest BCUT2D eigenvalue weighted by Crippen LogP contribution is -2.36. The largest absolute Gasteiger partial charge is 0.416 e. The maximum atomic E-state index is 12.7. The second kappa shape index (κ2) is 7.05. The first-order valence-electron chi connectivity index (χ1n) is 7.66. The van der Waals surface area contributed by atoms with Gasteiger partial charge in [-0.3, -0.25) is 4.99 Å². The third-order valence-electron chi connectivity index (χ3n) is 3.81. The van der Waals surface area contributed by atoms with Crippen LogP contribution in [0.2, 0.25) is 0 Å². The number of hydrogen-bond acceptors (Lipinski definition) is 3. The van der Waals surface area contributed by atoms with Crippen LogP contribution in [-0.2, 0) is 10.9 Å². The standard InChI is InChI=1S/C18H17F3N2O/c19-18(20,21)15-2-1-3-16(12-15)22-13-14-4-6-17(7-5-14)23-8-10-24-11-9-23/h1-7,12-13H,8-11H2. The van der Waals surface area contributed by atoms with Gasteiger partial charge < -0.3 is 9.64 Å². The monoisotopic (exact) mass is 334 g/mol. The molecule has 2 aromatic rings. The lowest BCUT2D eigenvalue weighted by molar-refractivity contribution is -0.137. The van der Waals surface area contributed by atoms with Crippen LogP contribution < -0.4 is 4.90 Å². The average molecular weight is 334 g/mol. The lowest BCUT2D eigenvalue weighted by atomic mass is 10.2. The first-order valence-corrected chi connectivity index (χ1v) is 7.66. The number of morpholine rings is 1. The number of halogens is 3. The van der Waals surface area contributed by atoms with E-state index in [1.54, 1.807) is 12.3 Å². The zero-order valence-corrected chi connectivity index (χ0v) is 13.0. The topological polar surface area (TPSA) is 24.8 Å². The van der Waals surface area contributed by atoms with Gasteiger partial charge in [0.25, 0.3) is 0 Å². The second-order valence-corrected chi connectivity index (χ2v) is 5.50. The Labute approximate surface area is 138 Å². The van der Waals surface area contributed by atoms with Gasteiger partial charge in [-0.15, -0.1) is 0 Å². The van der Waals surface area contributed by atoms with Crippen molar-refractivity contribution in [2.24, 2.45) is 4.99 Å². The molecule has 0 N–H and O–H groups in total. The minimum Gasteiger partial charge on any atom is -0.378 e. The molecule has 24 heavy (non-hydrogen) atoms. The van der Waals surface area contributed by atoms with E-state index in [0.717, 1.165) is 49.7 Å². The van der Waals surface area contributed by atoms with Crippen molar-refractivity contribution in [3.63, 3.8) is 0 Å². The van der Waals surface area contributed by atoms with Gasteiger partial charge >= 0.3 is 6.18 Å². The van der Waals surface area contributed by atoms with E-state index in [0.29, 0.717) is 0 Å². The van der Waals surface area contributed by atoms with Gasteiger partial charge in [-0.2, -0.15) is 13.2 Å². The van der Waals surface area contributed by atoms with Crippen LogP contribution in [-0.4, -0.2) is 32.5 Å². The fourth-order valence-corrected chi connectivity index (χ4v) is 2.50. The number of nitrogens with zero attached hydrogens (tertiary/aromatic N) is 2. The summed E-state index contributed by atoms with van der Waals surface area (Å²) in [6, 6.07) is 12.8. The molecule has 1 saturated heterocycles. The molecule has 1 aliphatic rings. The normalized spacial score (nSPS) is 15.9. The summed E-state index contributed by atoms with van der Waals surface area (Å²) < 4.78 is 43.4. The smallest absolute Gasteiger partial charge is 0.378 e. The van der Waals surface area contributed by atoms with Crippen LogP contribution >= 0.6 is 0 Å². The van der Waals surface area contributed by atoms with Crippen LogP contribution in [0, 0.1) is 0 Å². The first-order chi connectivity index (χ1) is 11.5. The minimum absolute atomic E-state index is 0.280. The van der Waals surface area contributed by atoms with Crippen LogP contribution in [0.1, 0.15) is 11.1 Å². The Morgan fingerprint density at radius 1 is 1.00 bits per heavy atom. The molecule has 0 saturated carbocycles. The minimum atomic E-state index is -4.36. The molecule has 0 bridgehead atoms. The van der Waals surface area contributed by atoms with Crippen molar-refractivity contribution in [3.8, 4) is 0 Å². The van der Waals surface area contributed by atoms with Crippen molar-refractivity contribution in [3.05, 3.63) is 59.7 Å². The molecule has 0 unspecified atom stereocenters. The van der Waals surface area contributed by atoms with Crippen molar-refractivity contribution in [2.45, 2.75) is 6.18 Å². The van der Waals surface area contributed by atoms with Crippen molar-refractivity contribution < 1.29 is 17.9 Å². The maximum Gasteiger partial charge on any atom is 0.416 e. The fourth-order valence-electron chi connectivity index (χ4n) is 2.50. The van der Waals surface area contributed by atoms with Crippen LogP contribution in [0.5, 0.6) is 0 Å². The van der Waals surface area contributed by atoms with Crippen molar-refractivity contribution in [1.29, 1.82) is 0 Å². The highest BCUT2D eigenvalue weighted by Crippen LogP contribution is 2.31. The Hall–Kier alpha value is -2.34. The summed E-state index contributed by atoms with van der Waals surface area (Å²) in [5, 5.41) is 0. The predicted molar refractivity (Wildman–Crippen MR) is 88.2 cm³/mol. The van der Waals surface area contributed by atoms with Crippen LogP contribution in [0.15, 0.2) is 53.5 Å². The van der Waals surface area contributed by atoms with Gasteiger partial charge in [0.2, 0.25) is 0 Å². The van der Waals surface area contributed by atoms with Gasteiger partial charge in [0.1, 0.15) is 0 Å². The number of aliphatic imine (C=N–C) groups is 1. The van der Waals surface area contributed by atoms with E-state index in [9.17, 15) is 13.2 Å². The molecule has 3 rings (SSSR count). The highest BCUT2D eigenvalue weighted by atomic mass is 19.4. The molecule has 0 aromatic heterocycles. The Balaban J connectivity index is 1.70. The molecule has 6 heteroatoms. The van der Waals surface area contributed by atoms with Gasteiger partial charge in [-0.05, 0) is 35.9 Å². The average Bonchev–Trinajstić information content (AvgIpc) is 2.61. The van der Waals surface area contributed by atoms with Crippen LogP contribution in [0.4, 0.5) is 24.5 Å². The summed E-state index contributed by atoms with van der Waals surface area (Å²) in [5.41, 5.74) is 1.53. The van der Waals surface area contributed by atoms with Crippen LogP contribution in [0.3, 0.4) is 0 Å². The molecule has 2 aromatic carbocycles. The second-order valence-electron chi connectivity index (χ2n) is 5.50. The highest BCUT2D eigenvalue weighted by Gasteiger charge is 2.30. The Bertz CT molecular complexity index is 705. The van der Waals surface area contributed by atoms with E-state index in [4.69, 9.17) is 4.74 Å². The Morgan fingerprint density at radius 2 is 1.71 bits per heavy atom. The van der Waals surface area contributed by atoms with E-state index >= 15 is 0 Å². The van der Waals surface area contributed by atoms with E-state index in [-0.39, 0.29) is 5.69 Å². The van der Waals surface area contributed by atoms with Gasteiger partial charge in [0.05, 0.1) is 24.5 Å². The van der Waals surface area contributed by atoms with Crippen molar-refractivity contribution >= 4 is 17.6 Å². The highest BCUT2D eigenvalue weighted by molar-refractivity contribution is 5.82. The summed E-state index contributed by atoms with van der Waals surface area (Å²) in [7, 11) is 0. The zero-order chi connectivity index (χ0) is 17.0. The van der Waals surface area contributed by atoms with E-state index < -0.39 is 11.7 Å². The molecule has 126 valence electrons. The van der Waals surface area contributed by atoms with Gasteiger partial charge in [0.15, 0.2) is 0 Å². The lowest BCUT2D eigenvalue weighted by Gasteiger charge is -2.28. The third kappa shape index (κ3) is 4.14. The van der Waals surface area contributed by atoms with Crippen LogP contribution in [0.25, 0.3) is 0 Å². The molecule has 1 aliphatic heterocycles. The SMILES string of the molecule is FC(F)(F)c1cccc(N=Cc2ccc(N3CCOCC3)cc2)c1. The molecule has 0 spiro atoms. The number of alkyl halides is 3. The summed E-state index contributed by atoms with van der Waals surface area (Å²) in [4.78, 5) is 6.37. The summed E-state index contributed by atoms with van der Waals surface area (Å²) >= 11 is 0. The molecule has 1 fully saturated rings. The first kappa shape index (κ1) is 16.5. The van der Waals surface area contributed by atoms with E-state index in [2.05, 4.69) is 9.89 Å². The van der Waals surface area contributed by atoms with Crippen molar-refractivity contribution in [2.75, 3.05) is 31.2 Å². The van der Waals surface area contributed by atoms with Crippen molar-refractivity contribution in [1.82, 2.24) is 0 Å². The summed E-state index contributed by atoms with van der Waals surface area (Å²) in [6.07, 6.45) is -2.79. The summed E-state index contributed by atoms with van der Waals surface area (Å²) in [5.74, 6) is 0. The Kier molecular flexibility index (Phi) is 4.85.